The maximum Gasteiger partial charge on any atom is 0.0557 e. The molecule has 4 nitrogen and oxygen atoms in total. The van der Waals surface area contributed by atoms with Crippen LogP contribution >= 0.6 is 0 Å². The van der Waals surface area contributed by atoms with E-state index in [4.69, 9.17) is 0 Å². The first-order valence-corrected chi connectivity index (χ1v) is 35.8. The van der Waals surface area contributed by atoms with Crippen LogP contribution < -0.4 is 4.90 Å². The molecule has 101 heavy (non-hydrogen) atoms. The number of hydrogen-bond acceptors (Lipinski definition) is 1. The predicted octanol–water partition coefficient (Wildman–Crippen LogP) is 26.7. The summed E-state index contributed by atoms with van der Waals surface area (Å²) in [7, 11) is 0. The van der Waals surface area contributed by atoms with Gasteiger partial charge in [-0.2, -0.15) is 0 Å². The van der Waals surface area contributed by atoms with Crippen LogP contribution in [0.4, 0.5) is 17.1 Å². The number of fused-ring (bicyclic) bond motifs is 21. The van der Waals surface area contributed by atoms with Gasteiger partial charge in [0.15, 0.2) is 0 Å². The summed E-state index contributed by atoms with van der Waals surface area (Å²) in [6.45, 7) is 12.1. The first-order chi connectivity index (χ1) is 49.5. The zero-order valence-corrected chi connectivity index (χ0v) is 57.0. The summed E-state index contributed by atoms with van der Waals surface area (Å²) in [5, 5.41) is 15.1. The van der Waals surface area contributed by atoms with E-state index in [1.54, 1.807) is 0 Å². The Balaban J connectivity index is 0.734. The number of anilines is 3. The molecule has 3 heterocycles. The Labute approximate surface area is 586 Å². The topological polar surface area (TPSA) is 39.8 Å². The number of H-pyrrole nitrogens is 2. The molecule has 0 amide bonds. The molecular weight excluding hydrogens is 1220 g/mol. The minimum atomic E-state index is -0.321. The maximum absolute atomic E-state index is 4.18. The molecule has 4 heteroatoms. The average molecular weight is 1290 g/mol. The number of benzene rings is 15. The molecule has 0 saturated heterocycles. The molecule has 3 aliphatic rings. The fraction of sp³-hybridized carbons (Fsp3) is 0.0928. The number of hydrogen-bond donors (Lipinski definition) is 2. The zero-order valence-electron chi connectivity index (χ0n) is 57.0. The van der Waals surface area contributed by atoms with Crippen LogP contribution in [-0.2, 0) is 10.8 Å². The highest BCUT2D eigenvalue weighted by atomic mass is 15.1. The van der Waals surface area contributed by atoms with Crippen molar-refractivity contribution >= 4 is 120 Å². The second-order valence-electron chi connectivity index (χ2n) is 29.6. The second-order valence-corrected chi connectivity index (χ2v) is 29.6. The molecule has 0 bridgehead atoms. The highest BCUT2D eigenvalue weighted by Crippen LogP contribution is 2.62. The summed E-state index contributed by atoms with van der Waals surface area (Å²) in [5.74, 6) is 0.466. The third-order valence-electron chi connectivity index (χ3n) is 23.3. The Kier molecular flexibility index (Phi) is 12.2. The van der Waals surface area contributed by atoms with Crippen molar-refractivity contribution in [3.05, 3.63) is 326 Å². The van der Waals surface area contributed by atoms with Crippen LogP contribution in [0.1, 0.15) is 63.3 Å². The van der Waals surface area contributed by atoms with E-state index in [2.05, 4.69) is 357 Å². The maximum atomic E-state index is 4.18. The minimum Gasteiger partial charge on any atom is -0.354 e. The summed E-state index contributed by atoms with van der Waals surface area (Å²) in [6.07, 6.45) is 7.87. The molecule has 3 aliphatic carbocycles. The fourth-order valence-corrected chi connectivity index (χ4v) is 18.9. The molecule has 0 saturated carbocycles. The van der Waals surface area contributed by atoms with E-state index in [0.29, 0.717) is 5.92 Å². The van der Waals surface area contributed by atoms with Crippen LogP contribution in [0.3, 0.4) is 0 Å². The molecule has 2 N–H and O–H groups in total. The number of aromatic amines is 2. The molecule has 0 aliphatic heterocycles. The smallest absolute Gasteiger partial charge is 0.0557 e. The lowest BCUT2D eigenvalue weighted by Crippen LogP contribution is -2.17. The van der Waals surface area contributed by atoms with Gasteiger partial charge >= 0.3 is 0 Å². The fourth-order valence-electron chi connectivity index (χ4n) is 18.9. The average Bonchev–Trinajstić information content (AvgIpc) is 1.53. The molecule has 0 fully saturated rings. The van der Waals surface area contributed by atoms with Gasteiger partial charge < -0.3 is 19.4 Å². The summed E-state index contributed by atoms with van der Waals surface area (Å²) < 4.78 is 2.52. The standard InChI is InChI=1S/C97H70N4/c1-57-23-21-32-66(53-57)101-82-38-20-19-35-72(82)77-54-63(43-52-83(77)101)84-88-76-48-42-59-25-16-18-34-70(59)94(76)99-81(88)56-79-91(84)87-73-37-22-36-68(71(73)50-51-78(87)96(79,2)3)60-39-44-65(45-40-60)100(64-30-13-8-14-31-64)67-46-49-74-80(55-67)98-95-86(62-28-11-7-12-29-62)89-75-47-41-58-24-15-17-33-69(58)92(75)97(4,5)93(89)85(90(74)95)61-26-9-6-10-27-61/h6-52,54-57,98-99H,53H2,1-5H3. The number of nitrogens with one attached hydrogen (secondary N) is 2. The number of rotatable bonds is 8. The highest BCUT2D eigenvalue weighted by molar-refractivity contribution is 6.27. The molecule has 3 aromatic heterocycles. The lowest BCUT2D eigenvalue weighted by atomic mass is 9.75. The third kappa shape index (κ3) is 8.25. The Morgan fingerprint density at radius 2 is 0.980 bits per heavy atom. The number of aromatic nitrogens is 3. The Hall–Kier alpha value is -12.2. The van der Waals surface area contributed by atoms with Crippen LogP contribution in [0.2, 0.25) is 0 Å². The lowest BCUT2D eigenvalue weighted by molar-refractivity contribution is 0.661. The summed E-state index contributed by atoms with van der Waals surface area (Å²) >= 11 is 0. The van der Waals surface area contributed by atoms with Crippen molar-refractivity contribution in [1.29, 1.82) is 0 Å². The molecule has 18 aromatic rings. The first-order valence-electron chi connectivity index (χ1n) is 35.8. The summed E-state index contributed by atoms with van der Waals surface area (Å²) in [4.78, 5) is 10.7. The van der Waals surface area contributed by atoms with Crippen LogP contribution in [0.5, 0.6) is 0 Å². The van der Waals surface area contributed by atoms with Gasteiger partial charge in [-0.3, -0.25) is 0 Å². The normalized spacial score (nSPS) is 15.0. The molecule has 15 aromatic carbocycles. The highest BCUT2D eigenvalue weighted by Gasteiger charge is 2.44. The van der Waals surface area contributed by atoms with Gasteiger partial charge in [0.05, 0.1) is 22.1 Å². The largest absolute Gasteiger partial charge is 0.354 e. The second kappa shape index (κ2) is 21.4. The lowest BCUT2D eigenvalue weighted by Gasteiger charge is -2.27. The van der Waals surface area contributed by atoms with E-state index in [9.17, 15) is 0 Å². The van der Waals surface area contributed by atoms with Crippen molar-refractivity contribution in [2.75, 3.05) is 4.90 Å². The Morgan fingerprint density at radius 1 is 0.356 bits per heavy atom. The number of allylic oxidation sites excluding steroid dienone is 4. The van der Waals surface area contributed by atoms with Crippen LogP contribution in [0, 0.1) is 5.92 Å². The quantitative estimate of drug-likeness (QED) is 0.156. The van der Waals surface area contributed by atoms with Gasteiger partial charge in [-0.15, -0.1) is 0 Å². The first kappa shape index (κ1) is 57.8. The van der Waals surface area contributed by atoms with Crippen molar-refractivity contribution in [2.24, 2.45) is 5.92 Å². The van der Waals surface area contributed by atoms with Crippen LogP contribution in [-0.4, -0.2) is 14.5 Å². The van der Waals surface area contributed by atoms with Crippen molar-refractivity contribution in [3.63, 3.8) is 0 Å². The molecular formula is C97H70N4. The van der Waals surface area contributed by atoms with Gasteiger partial charge in [-0.25, -0.2) is 0 Å². The van der Waals surface area contributed by atoms with Crippen LogP contribution in [0.15, 0.2) is 303 Å². The molecule has 0 radical (unpaired) electrons. The molecule has 21 rings (SSSR count). The van der Waals surface area contributed by atoms with Crippen molar-refractivity contribution in [3.8, 4) is 66.8 Å². The summed E-state index contributed by atoms with van der Waals surface area (Å²) in [5.41, 5.74) is 31.6. The van der Waals surface area contributed by atoms with Crippen molar-refractivity contribution in [1.82, 2.24) is 14.5 Å². The molecule has 478 valence electrons. The van der Waals surface area contributed by atoms with Gasteiger partial charge in [0.1, 0.15) is 0 Å². The number of nitrogens with zero attached hydrogens (tertiary/aromatic N) is 2. The predicted molar refractivity (Wildman–Crippen MR) is 429 cm³/mol. The monoisotopic (exact) mass is 1290 g/mol. The zero-order chi connectivity index (χ0) is 67.1. The van der Waals surface area contributed by atoms with E-state index in [0.717, 1.165) is 34.5 Å². The van der Waals surface area contributed by atoms with E-state index in [-0.39, 0.29) is 10.8 Å². The van der Waals surface area contributed by atoms with E-state index >= 15 is 0 Å². The van der Waals surface area contributed by atoms with Crippen molar-refractivity contribution < 1.29 is 0 Å². The Bertz CT molecular complexity index is 6650. The minimum absolute atomic E-state index is 0.305. The molecule has 1 atom stereocenters. The van der Waals surface area contributed by atoms with Gasteiger partial charge in [-0.05, 0) is 189 Å². The van der Waals surface area contributed by atoms with E-state index < -0.39 is 0 Å². The Morgan fingerprint density at radius 3 is 1.76 bits per heavy atom. The third-order valence-corrected chi connectivity index (χ3v) is 23.3. The number of para-hydroxylation sites is 2. The van der Waals surface area contributed by atoms with E-state index in [1.165, 1.54) is 181 Å². The van der Waals surface area contributed by atoms with Gasteiger partial charge in [0.25, 0.3) is 0 Å². The van der Waals surface area contributed by atoms with Crippen molar-refractivity contribution in [2.45, 2.75) is 51.9 Å². The van der Waals surface area contributed by atoms with E-state index in [1.807, 2.05) is 0 Å². The van der Waals surface area contributed by atoms with Gasteiger partial charge in [0, 0.05) is 87.9 Å². The SMILES string of the molecule is CC1C=CC=C(n2c3ccccc3c3cc(-c4c5c(cc6[nH]c7c8ccccc8ccc7c46)C(C)(C)c4ccc6c(-c7ccc(N(c8ccccc8)c8ccc9c(c8)[nH]c8c(-c%10ccccc%10)c%10c(c(-c%11ccccc%11)c89)C(C)(C)c8c-%10ccc9ccccc89)cc7)cccc6c4-5)ccc32)C1. The van der Waals surface area contributed by atoms with Gasteiger partial charge in [-0.1, -0.05) is 271 Å². The molecule has 1 unspecified atom stereocenters. The van der Waals surface area contributed by atoms with Gasteiger partial charge in [0.2, 0.25) is 0 Å². The van der Waals surface area contributed by atoms with Crippen LogP contribution in [0.25, 0.3) is 170 Å². The molecule has 0 spiro atoms. The summed E-state index contributed by atoms with van der Waals surface area (Å²) in [6, 6.07) is 107.